The van der Waals surface area contributed by atoms with Crippen molar-refractivity contribution in [3.05, 3.63) is 47.9 Å². The van der Waals surface area contributed by atoms with Gasteiger partial charge in [0.2, 0.25) is 5.91 Å². The molecule has 1 aromatic carbocycles. The molecule has 0 aliphatic rings. The molecule has 0 saturated carbocycles. The van der Waals surface area contributed by atoms with Crippen molar-refractivity contribution in [2.45, 2.75) is 19.9 Å². The zero-order valence-corrected chi connectivity index (χ0v) is 12.9. The van der Waals surface area contributed by atoms with E-state index in [0.29, 0.717) is 11.5 Å². The second-order valence-electron chi connectivity index (χ2n) is 5.02. The van der Waals surface area contributed by atoms with Crippen LogP contribution >= 0.6 is 0 Å². The van der Waals surface area contributed by atoms with Crippen LogP contribution in [0.25, 0.3) is 0 Å². The van der Waals surface area contributed by atoms with E-state index in [-0.39, 0.29) is 35.9 Å². The van der Waals surface area contributed by atoms with Gasteiger partial charge in [0.15, 0.2) is 0 Å². The van der Waals surface area contributed by atoms with E-state index in [1.54, 1.807) is 19.1 Å². The Morgan fingerprint density at radius 1 is 1.25 bits per heavy atom. The van der Waals surface area contributed by atoms with Gasteiger partial charge in [-0.15, -0.1) is 0 Å². The number of hydrazone groups is 1. The Labute approximate surface area is 137 Å². The fourth-order valence-corrected chi connectivity index (χ4v) is 1.85. The molecule has 0 bridgehead atoms. The number of hydrogen-bond donors (Lipinski definition) is 4. The molecule has 4 N–H and O–H groups in total. The highest BCUT2D eigenvalue weighted by Gasteiger charge is 2.11. The summed E-state index contributed by atoms with van der Waals surface area (Å²) in [6.07, 6.45) is 1.52. The van der Waals surface area contributed by atoms with E-state index in [0.717, 1.165) is 6.07 Å². The molecular weight excluding hydrogens is 314 g/mol. The lowest BCUT2D eigenvalue weighted by atomic mass is 10.2. The molecular formula is C16H17N3O5. The van der Waals surface area contributed by atoms with Crippen molar-refractivity contribution in [2.75, 3.05) is 0 Å². The molecule has 0 saturated heterocycles. The maximum Gasteiger partial charge on any atom is 0.275 e. The van der Waals surface area contributed by atoms with Crippen LogP contribution in [0.4, 0.5) is 0 Å². The van der Waals surface area contributed by atoms with Gasteiger partial charge < -0.3 is 19.9 Å². The summed E-state index contributed by atoms with van der Waals surface area (Å²) in [6, 6.07) is 7.05. The molecule has 2 rings (SSSR count). The molecule has 0 aliphatic carbocycles. The second-order valence-corrected chi connectivity index (χ2v) is 5.02. The number of phenolic OH excluding ortho intramolecular Hbond substituents is 2. The van der Waals surface area contributed by atoms with Crippen LogP contribution in [0, 0.1) is 0 Å². The third-order valence-corrected chi connectivity index (χ3v) is 3.03. The Morgan fingerprint density at radius 3 is 2.71 bits per heavy atom. The monoisotopic (exact) mass is 331 g/mol. The van der Waals surface area contributed by atoms with Gasteiger partial charge in [-0.05, 0) is 31.2 Å². The van der Waals surface area contributed by atoms with E-state index in [1.807, 2.05) is 0 Å². The Bertz CT molecular complexity index is 753. The number of rotatable bonds is 6. The molecule has 0 atom stereocenters. The third-order valence-electron chi connectivity index (χ3n) is 3.03. The average molecular weight is 331 g/mol. The first-order valence-electron chi connectivity index (χ1n) is 7.10. The van der Waals surface area contributed by atoms with Crippen LogP contribution in [0.2, 0.25) is 0 Å². The predicted octanol–water partition coefficient (Wildman–Crippen LogP) is 1.50. The van der Waals surface area contributed by atoms with Crippen molar-refractivity contribution in [1.82, 2.24) is 10.7 Å². The predicted molar refractivity (Wildman–Crippen MR) is 85.5 cm³/mol. The maximum absolute atomic E-state index is 11.9. The van der Waals surface area contributed by atoms with Crippen LogP contribution in [-0.4, -0.2) is 27.7 Å². The van der Waals surface area contributed by atoms with Gasteiger partial charge in [0.05, 0.1) is 24.8 Å². The first kappa shape index (κ1) is 17.1. The van der Waals surface area contributed by atoms with Crippen LogP contribution in [0.5, 0.6) is 11.5 Å². The van der Waals surface area contributed by atoms with Gasteiger partial charge in [0, 0.05) is 11.8 Å². The largest absolute Gasteiger partial charge is 0.508 e. The number of carbonyl (C=O) groups excluding carboxylic acids is 2. The molecule has 1 heterocycles. The highest BCUT2D eigenvalue weighted by molar-refractivity contribution is 6.01. The maximum atomic E-state index is 11.9. The summed E-state index contributed by atoms with van der Waals surface area (Å²) < 4.78 is 5.09. The van der Waals surface area contributed by atoms with Gasteiger partial charge in [0.25, 0.3) is 5.91 Å². The van der Waals surface area contributed by atoms with Crippen LogP contribution in [0.3, 0.4) is 0 Å². The minimum atomic E-state index is -0.650. The Morgan fingerprint density at radius 2 is 2.04 bits per heavy atom. The first-order valence-corrected chi connectivity index (χ1v) is 7.10. The van der Waals surface area contributed by atoms with Gasteiger partial charge in [0.1, 0.15) is 17.3 Å². The van der Waals surface area contributed by atoms with E-state index in [2.05, 4.69) is 15.8 Å². The van der Waals surface area contributed by atoms with Crippen molar-refractivity contribution < 1.29 is 24.2 Å². The highest BCUT2D eigenvalue weighted by atomic mass is 16.3. The van der Waals surface area contributed by atoms with Crippen LogP contribution in [-0.2, 0) is 11.3 Å². The topological polar surface area (TPSA) is 124 Å². The van der Waals surface area contributed by atoms with Crippen molar-refractivity contribution in [2.24, 2.45) is 5.10 Å². The molecule has 8 nitrogen and oxygen atoms in total. The van der Waals surface area contributed by atoms with Gasteiger partial charge in [-0.25, -0.2) is 5.43 Å². The highest BCUT2D eigenvalue weighted by Crippen LogP contribution is 2.22. The molecule has 0 unspecified atom stereocenters. The van der Waals surface area contributed by atoms with Gasteiger partial charge >= 0.3 is 0 Å². The van der Waals surface area contributed by atoms with Crippen molar-refractivity contribution in [3.8, 4) is 11.5 Å². The molecule has 126 valence electrons. The average Bonchev–Trinajstić information content (AvgIpc) is 3.04. The summed E-state index contributed by atoms with van der Waals surface area (Å²) in [5.41, 5.74) is 2.59. The van der Waals surface area contributed by atoms with E-state index in [9.17, 15) is 19.8 Å². The SMILES string of the molecule is C/C(CC(=O)NCc1ccco1)=N/NC(=O)c1ccc(O)cc1O. The first-order chi connectivity index (χ1) is 11.5. The summed E-state index contributed by atoms with van der Waals surface area (Å²) in [5.74, 6) is -0.806. The zero-order valence-electron chi connectivity index (χ0n) is 12.9. The van der Waals surface area contributed by atoms with Gasteiger partial charge in [-0.1, -0.05) is 0 Å². The smallest absolute Gasteiger partial charge is 0.275 e. The number of nitrogens with zero attached hydrogens (tertiary/aromatic N) is 1. The van der Waals surface area contributed by atoms with Crippen molar-refractivity contribution in [3.63, 3.8) is 0 Å². The molecule has 1 aromatic heterocycles. The summed E-state index contributed by atoms with van der Waals surface area (Å²) in [7, 11) is 0. The molecule has 24 heavy (non-hydrogen) atoms. The summed E-state index contributed by atoms with van der Waals surface area (Å²) in [4.78, 5) is 23.6. The number of hydrogen-bond acceptors (Lipinski definition) is 6. The number of amides is 2. The summed E-state index contributed by atoms with van der Waals surface area (Å²) >= 11 is 0. The molecule has 0 fully saturated rings. The molecule has 2 amide bonds. The van der Waals surface area contributed by atoms with Crippen molar-refractivity contribution >= 4 is 17.5 Å². The number of aromatic hydroxyl groups is 2. The lowest BCUT2D eigenvalue weighted by Gasteiger charge is -2.05. The number of carbonyl (C=O) groups is 2. The minimum Gasteiger partial charge on any atom is -0.508 e. The van der Waals surface area contributed by atoms with E-state index < -0.39 is 5.91 Å². The fraction of sp³-hybridized carbons (Fsp3) is 0.188. The van der Waals surface area contributed by atoms with E-state index in [1.165, 1.54) is 18.4 Å². The van der Waals surface area contributed by atoms with Crippen LogP contribution in [0.1, 0.15) is 29.5 Å². The minimum absolute atomic E-state index is 0.00253. The third kappa shape index (κ3) is 4.87. The number of furan rings is 1. The molecule has 0 spiro atoms. The normalized spacial score (nSPS) is 11.1. The molecule has 0 aliphatic heterocycles. The quantitative estimate of drug-likeness (QED) is 0.472. The second kappa shape index (κ2) is 7.82. The Hall–Kier alpha value is -3.29. The Kier molecular flexibility index (Phi) is 5.56. The van der Waals surface area contributed by atoms with Crippen LogP contribution in [0.15, 0.2) is 46.1 Å². The number of nitrogens with one attached hydrogen (secondary N) is 2. The number of phenols is 2. The molecule has 8 heteroatoms. The zero-order chi connectivity index (χ0) is 17.5. The van der Waals surface area contributed by atoms with Gasteiger partial charge in [-0.2, -0.15) is 5.10 Å². The summed E-state index contributed by atoms with van der Waals surface area (Å²) in [6.45, 7) is 1.86. The standard InChI is InChI=1S/C16H17N3O5/c1-10(7-15(22)17-9-12-3-2-6-24-12)18-19-16(23)13-5-4-11(20)8-14(13)21/h2-6,8,20-21H,7,9H2,1H3,(H,17,22)(H,19,23)/b18-10-. The van der Waals surface area contributed by atoms with E-state index in [4.69, 9.17) is 4.42 Å². The van der Waals surface area contributed by atoms with E-state index >= 15 is 0 Å². The number of benzene rings is 1. The lowest BCUT2D eigenvalue weighted by molar-refractivity contribution is -0.120. The van der Waals surface area contributed by atoms with Crippen molar-refractivity contribution in [1.29, 1.82) is 0 Å². The van der Waals surface area contributed by atoms with Crippen LogP contribution < -0.4 is 10.7 Å². The molecule has 2 aromatic rings. The lowest BCUT2D eigenvalue weighted by Crippen LogP contribution is -2.26. The summed E-state index contributed by atoms with van der Waals surface area (Å²) in [5, 5.41) is 25.2. The van der Waals surface area contributed by atoms with Gasteiger partial charge in [-0.3, -0.25) is 9.59 Å². The molecule has 0 radical (unpaired) electrons. The Balaban J connectivity index is 1.84. The fourth-order valence-electron chi connectivity index (χ4n) is 1.85.